The summed E-state index contributed by atoms with van der Waals surface area (Å²) in [5.74, 6) is 0. The van der Waals surface area contributed by atoms with Crippen molar-refractivity contribution in [3.8, 4) is 0 Å². The summed E-state index contributed by atoms with van der Waals surface area (Å²) in [5.41, 5.74) is 0. The van der Waals surface area contributed by atoms with Gasteiger partial charge in [0.1, 0.15) is 0 Å². The van der Waals surface area contributed by atoms with Crippen LogP contribution in [0, 0.1) is 0 Å². The molecule has 0 radical (unpaired) electrons. The van der Waals surface area contributed by atoms with Crippen LogP contribution in [0.5, 0.6) is 0 Å². The van der Waals surface area contributed by atoms with E-state index in [4.69, 9.17) is 4.74 Å². The van der Waals surface area contributed by atoms with Crippen molar-refractivity contribution < 1.29 is 4.74 Å². The van der Waals surface area contributed by atoms with E-state index in [-0.39, 0.29) is 0 Å². The first-order valence-corrected chi connectivity index (χ1v) is 6.63. The molecule has 0 aromatic rings. The SMILES string of the molecule is COCCC(C)N1CCCC1CNC(C)C. The summed E-state index contributed by atoms with van der Waals surface area (Å²) in [6, 6.07) is 1.98. The van der Waals surface area contributed by atoms with E-state index >= 15 is 0 Å². The van der Waals surface area contributed by atoms with E-state index < -0.39 is 0 Å². The minimum Gasteiger partial charge on any atom is -0.385 e. The van der Waals surface area contributed by atoms with E-state index in [9.17, 15) is 0 Å². The second-order valence-corrected chi connectivity index (χ2v) is 5.23. The average Bonchev–Trinajstić information content (AvgIpc) is 2.71. The van der Waals surface area contributed by atoms with Gasteiger partial charge in [0, 0.05) is 38.4 Å². The molecule has 0 aliphatic carbocycles. The number of nitrogens with zero attached hydrogens (tertiary/aromatic N) is 1. The van der Waals surface area contributed by atoms with E-state index in [2.05, 4.69) is 31.0 Å². The van der Waals surface area contributed by atoms with Crippen molar-refractivity contribution in [2.75, 3.05) is 26.8 Å². The van der Waals surface area contributed by atoms with Crippen LogP contribution in [0.25, 0.3) is 0 Å². The molecule has 1 saturated heterocycles. The van der Waals surface area contributed by atoms with Crippen molar-refractivity contribution in [3.63, 3.8) is 0 Å². The highest BCUT2D eigenvalue weighted by Crippen LogP contribution is 2.21. The van der Waals surface area contributed by atoms with Gasteiger partial charge in [0.2, 0.25) is 0 Å². The highest BCUT2D eigenvalue weighted by Gasteiger charge is 2.27. The van der Waals surface area contributed by atoms with Crippen LogP contribution in [-0.4, -0.2) is 49.8 Å². The zero-order valence-electron chi connectivity index (χ0n) is 11.3. The molecule has 3 nitrogen and oxygen atoms in total. The lowest BCUT2D eigenvalue weighted by Crippen LogP contribution is -2.44. The molecule has 1 heterocycles. The van der Waals surface area contributed by atoms with E-state index in [1.54, 1.807) is 7.11 Å². The fraction of sp³-hybridized carbons (Fsp3) is 1.00. The fourth-order valence-corrected chi connectivity index (χ4v) is 2.48. The van der Waals surface area contributed by atoms with Gasteiger partial charge in [0.15, 0.2) is 0 Å². The van der Waals surface area contributed by atoms with E-state index in [0.29, 0.717) is 12.1 Å². The molecule has 0 bridgehead atoms. The molecule has 0 aromatic heterocycles. The molecule has 0 spiro atoms. The Balaban J connectivity index is 2.32. The minimum absolute atomic E-state index is 0.594. The Hall–Kier alpha value is -0.120. The second kappa shape index (κ2) is 7.25. The lowest BCUT2D eigenvalue weighted by atomic mass is 10.1. The largest absolute Gasteiger partial charge is 0.385 e. The molecular weight excluding hydrogens is 200 g/mol. The molecule has 1 fully saturated rings. The van der Waals surface area contributed by atoms with Crippen LogP contribution >= 0.6 is 0 Å². The molecule has 1 aliphatic heterocycles. The monoisotopic (exact) mass is 228 g/mol. The molecule has 16 heavy (non-hydrogen) atoms. The van der Waals surface area contributed by atoms with Gasteiger partial charge in [-0.25, -0.2) is 0 Å². The Morgan fingerprint density at radius 1 is 1.38 bits per heavy atom. The predicted octanol–water partition coefficient (Wildman–Crippen LogP) is 1.87. The Morgan fingerprint density at radius 2 is 2.12 bits per heavy atom. The summed E-state index contributed by atoms with van der Waals surface area (Å²) in [6.45, 7) is 10.0. The molecule has 1 aliphatic rings. The van der Waals surface area contributed by atoms with Crippen LogP contribution in [0.4, 0.5) is 0 Å². The number of ether oxygens (including phenoxy) is 1. The van der Waals surface area contributed by atoms with Gasteiger partial charge < -0.3 is 10.1 Å². The van der Waals surface area contributed by atoms with Gasteiger partial charge >= 0.3 is 0 Å². The van der Waals surface area contributed by atoms with Crippen molar-refractivity contribution in [3.05, 3.63) is 0 Å². The Bertz CT molecular complexity index is 185. The Morgan fingerprint density at radius 3 is 2.75 bits per heavy atom. The summed E-state index contributed by atoms with van der Waals surface area (Å²) < 4.78 is 5.16. The number of hydrogen-bond acceptors (Lipinski definition) is 3. The highest BCUT2D eigenvalue weighted by atomic mass is 16.5. The van der Waals surface area contributed by atoms with Gasteiger partial charge in [-0.3, -0.25) is 4.90 Å². The zero-order chi connectivity index (χ0) is 12.0. The third kappa shape index (κ3) is 4.40. The van der Waals surface area contributed by atoms with E-state index in [0.717, 1.165) is 25.6 Å². The molecule has 0 amide bonds. The molecule has 96 valence electrons. The first kappa shape index (κ1) is 13.9. The zero-order valence-corrected chi connectivity index (χ0v) is 11.3. The third-order valence-corrected chi connectivity index (χ3v) is 3.49. The first-order chi connectivity index (χ1) is 7.65. The van der Waals surface area contributed by atoms with Crippen LogP contribution < -0.4 is 5.32 Å². The van der Waals surface area contributed by atoms with Crippen molar-refractivity contribution in [2.24, 2.45) is 0 Å². The van der Waals surface area contributed by atoms with E-state index in [1.807, 2.05) is 0 Å². The maximum atomic E-state index is 5.16. The quantitative estimate of drug-likeness (QED) is 0.720. The lowest BCUT2D eigenvalue weighted by molar-refractivity contribution is 0.128. The van der Waals surface area contributed by atoms with Crippen molar-refractivity contribution in [1.82, 2.24) is 10.2 Å². The Kier molecular flexibility index (Phi) is 6.32. The van der Waals surface area contributed by atoms with Crippen LogP contribution in [0.2, 0.25) is 0 Å². The van der Waals surface area contributed by atoms with Crippen molar-refractivity contribution in [1.29, 1.82) is 0 Å². The maximum absolute atomic E-state index is 5.16. The van der Waals surface area contributed by atoms with Gasteiger partial charge in [0.05, 0.1) is 0 Å². The minimum atomic E-state index is 0.594. The number of likely N-dealkylation sites (tertiary alicyclic amines) is 1. The molecule has 1 rings (SSSR count). The predicted molar refractivity (Wildman–Crippen MR) is 68.8 cm³/mol. The van der Waals surface area contributed by atoms with Crippen LogP contribution in [0.3, 0.4) is 0 Å². The smallest absolute Gasteiger partial charge is 0.0477 e. The van der Waals surface area contributed by atoms with Crippen molar-refractivity contribution >= 4 is 0 Å². The van der Waals surface area contributed by atoms with Gasteiger partial charge in [-0.2, -0.15) is 0 Å². The molecule has 0 aromatic carbocycles. The van der Waals surface area contributed by atoms with Crippen LogP contribution in [0.15, 0.2) is 0 Å². The van der Waals surface area contributed by atoms with Gasteiger partial charge in [-0.1, -0.05) is 13.8 Å². The maximum Gasteiger partial charge on any atom is 0.0477 e. The van der Waals surface area contributed by atoms with Gasteiger partial charge in [0.25, 0.3) is 0 Å². The number of nitrogens with one attached hydrogen (secondary N) is 1. The van der Waals surface area contributed by atoms with Crippen LogP contribution in [0.1, 0.15) is 40.0 Å². The van der Waals surface area contributed by atoms with Crippen LogP contribution in [-0.2, 0) is 4.74 Å². The molecular formula is C13H28N2O. The number of rotatable bonds is 7. The second-order valence-electron chi connectivity index (χ2n) is 5.23. The topological polar surface area (TPSA) is 24.5 Å². The molecule has 0 saturated carbocycles. The average molecular weight is 228 g/mol. The summed E-state index contributed by atoms with van der Waals surface area (Å²) >= 11 is 0. The van der Waals surface area contributed by atoms with Gasteiger partial charge in [-0.15, -0.1) is 0 Å². The highest BCUT2D eigenvalue weighted by molar-refractivity contribution is 4.84. The van der Waals surface area contributed by atoms with Gasteiger partial charge in [-0.05, 0) is 32.7 Å². The van der Waals surface area contributed by atoms with E-state index in [1.165, 1.54) is 19.4 Å². The summed E-state index contributed by atoms with van der Waals surface area (Å²) in [6.07, 6.45) is 3.84. The Labute approximate surface area is 101 Å². The molecule has 1 N–H and O–H groups in total. The normalized spacial score (nSPS) is 24.2. The number of methoxy groups -OCH3 is 1. The third-order valence-electron chi connectivity index (χ3n) is 3.49. The molecule has 2 atom stereocenters. The molecule has 2 unspecified atom stereocenters. The molecule has 3 heteroatoms. The summed E-state index contributed by atoms with van der Waals surface area (Å²) in [7, 11) is 1.79. The first-order valence-electron chi connectivity index (χ1n) is 6.63. The number of hydrogen-bond donors (Lipinski definition) is 1. The summed E-state index contributed by atoms with van der Waals surface area (Å²) in [4.78, 5) is 2.65. The summed E-state index contributed by atoms with van der Waals surface area (Å²) in [5, 5.41) is 3.56. The standard InChI is InChI=1S/C13H28N2O/c1-11(2)14-10-13-6-5-8-15(13)12(3)7-9-16-4/h11-14H,5-10H2,1-4H3. The fourth-order valence-electron chi connectivity index (χ4n) is 2.48. The lowest BCUT2D eigenvalue weighted by Gasteiger charge is -2.31. The van der Waals surface area contributed by atoms with Crippen molar-refractivity contribution in [2.45, 2.75) is 58.2 Å².